The summed E-state index contributed by atoms with van der Waals surface area (Å²) in [6, 6.07) is 15.9. The van der Waals surface area contributed by atoms with E-state index >= 15 is 0 Å². The molecule has 25 heavy (non-hydrogen) atoms. The van der Waals surface area contributed by atoms with Crippen LogP contribution in [0.4, 0.5) is 10.8 Å². The summed E-state index contributed by atoms with van der Waals surface area (Å²) >= 11 is 14.0. The zero-order chi connectivity index (χ0) is 17.2. The second kappa shape index (κ2) is 7.24. The van der Waals surface area contributed by atoms with Crippen LogP contribution >= 0.6 is 34.5 Å². The monoisotopic (exact) mass is 389 g/mol. The highest BCUT2D eigenvalue weighted by molar-refractivity contribution is 7.14. The molecule has 1 aliphatic rings. The molecule has 0 N–H and O–H groups in total. The Kier molecular flexibility index (Phi) is 4.84. The molecule has 0 bridgehead atoms. The molecule has 128 valence electrons. The highest BCUT2D eigenvalue weighted by Crippen LogP contribution is 2.30. The van der Waals surface area contributed by atoms with Crippen LogP contribution in [0.1, 0.15) is 0 Å². The fourth-order valence-corrected chi connectivity index (χ4v) is 4.28. The molecule has 6 heteroatoms. The summed E-state index contributed by atoms with van der Waals surface area (Å²) in [4.78, 5) is 9.49. The maximum Gasteiger partial charge on any atom is 0.185 e. The van der Waals surface area contributed by atoms with Gasteiger partial charge in [0.1, 0.15) is 0 Å². The van der Waals surface area contributed by atoms with E-state index < -0.39 is 0 Å². The molecule has 3 aromatic rings. The number of rotatable bonds is 3. The molecule has 0 aliphatic carbocycles. The number of thiazole rings is 1. The topological polar surface area (TPSA) is 19.4 Å². The fourth-order valence-electron chi connectivity index (χ4n) is 3.01. The average molecular weight is 390 g/mol. The Bertz CT molecular complexity index is 855. The highest BCUT2D eigenvalue weighted by Gasteiger charge is 2.21. The summed E-state index contributed by atoms with van der Waals surface area (Å²) in [6.45, 7) is 3.77. The third-order valence-electron chi connectivity index (χ3n) is 4.38. The van der Waals surface area contributed by atoms with Gasteiger partial charge in [0.25, 0.3) is 0 Å². The lowest BCUT2D eigenvalue weighted by Gasteiger charge is -2.36. The van der Waals surface area contributed by atoms with Crippen LogP contribution in [-0.4, -0.2) is 31.2 Å². The Labute approximate surface area is 161 Å². The van der Waals surface area contributed by atoms with Crippen LogP contribution in [0.25, 0.3) is 11.3 Å². The molecule has 3 nitrogen and oxygen atoms in total. The zero-order valence-corrected chi connectivity index (χ0v) is 15.9. The lowest BCUT2D eigenvalue weighted by Crippen LogP contribution is -2.46. The number of benzene rings is 2. The first-order valence-corrected chi connectivity index (χ1v) is 9.80. The molecular weight excluding hydrogens is 373 g/mol. The van der Waals surface area contributed by atoms with Crippen molar-refractivity contribution in [1.29, 1.82) is 0 Å². The van der Waals surface area contributed by atoms with E-state index in [9.17, 15) is 0 Å². The molecule has 4 rings (SSSR count). The van der Waals surface area contributed by atoms with Crippen LogP contribution in [0.3, 0.4) is 0 Å². The second-order valence-corrected chi connectivity index (χ2v) is 7.63. The van der Waals surface area contributed by atoms with Gasteiger partial charge in [-0.1, -0.05) is 47.5 Å². The summed E-state index contributed by atoms with van der Waals surface area (Å²) in [5, 5.41) is 4.74. The van der Waals surface area contributed by atoms with Crippen molar-refractivity contribution >= 4 is 45.4 Å². The predicted octanol–water partition coefficient (Wildman–Crippen LogP) is 5.44. The van der Waals surface area contributed by atoms with Crippen molar-refractivity contribution < 1.29 is 0 Å². The van der Waals surface area contributed by atoms with E-state index in [0.29, 0.717) is 0 Å². The molecule has 0 unspecified atom stereocenters. The fraction of sp³-hybridized carbons (Fsp3) is 0.211. The number of anilines is 2. The summed E-state index contributed by atoms with van der Waals surface area (Å²) in [5.74, 6) is 0. The molecule has 1 fully saturated rings. The zero-order valence-electron chi connectivity index (χ0n) is 13.5. The average Bonchev–Trinajstić information content (AvgIpc) is 3.13. The molecular formula is C19H17Cl2N3S. The number of hydrogen-bond donors (Lipinski definition) is 0. The van der Waals surface area contributed by atoms with Crippen LogP contribution in [0.15, 0.2) is 53.9 Å². The van der Waals surface area contributed by atoms with E-state index in [1.54, 1.807) is 11.3 Å². The molecule has 0 spiro atoms. The summed E-state index contributed by atoms with van der Waals surface area (Å²) in [6.07, 6.45) is 0. The Morgan fingerprint density at radius 3 is 2.24 bits per heavy atom. The lowest BCUT2D eigenvalue weighted by molar-refractivity contribution is 0.652. The SMILES string of the molecule is Clc1ccc(-c2csc(N3CCN(c4ccccc4Cl)CC3)n2)cc1. The standard InChI is InChI=1S/C19H17Cl2N3S/c20-15-7-5-14(6-8-15)17-13-25-19(22-17)24-11-9-23(10-12-24)18-4-2-1-3-16(18)21/h1-8,13H,9-12H2. The van der Waals surface area contributed by atoms with E-state index in [0.717, 1.165) is 58.3 Å². The van der Waals surface area contributed by atoms with Gasteiger partial charge in [-0.15, -0.1) is 11.3 Å². The van der Waals surface area contributed by atoms with Gasteiger partial charge >= 0.3 is 0 Å². The second-order valence-electron chi connectivity index (χ2n) is 5.95. The third-order valence-corrected chi connectivity index (χ3v) is 5.85. The summed E-state index contributed by atoms with van der Waals surface area (Å²) < 4.78 is 0. The number of hydrogen-bond acceptors (Lipinski definition) is 4. The van der Waals surface area contributed by atoms with Crippen molar-refractivity contribution in [3.8, 4) is 11.3 Å². The smallest absolute Gasteiger partial charge is 0.185 e. The van der Waals surface area contributed by atoms with Crippen molar-refractivity contribution in [1.82, 2.24) is 4.98 Å². The van der Waals surface area contributed by atoms with Crippen molar-refractivity contribution in [2.75, 3.05) is 36.0 Å². The van der Waals surface area contributed by atoms with Gasteiger partial charge in [-0.3, -0.25) is 0 Å². The van der Waals surface area contributed by atoms with Gasteiger partial charge < -0.3 is 9.80 Å². The Balaban J connectivity index is 1.45. The molecule has 1 aliphatic heterocycles. The van der Waals surface area contributed by atoms with Crippen molar-refractivity contribution in [3.05, 3.63) is 64.0 Å². The normalized spacial score (nSPS) is 14.8. The number of aromatic nitrogens is 1. The predicted molar refractivity (Wildman–Crippen MR) is 108 cm³/mol. The molecule has 2 heterocycles. The largest absolute Gasteiger partial charge is 0.367 e. The third kappa shape index (κ3) is 3.61. The van der Waals surface area contributed by atoms with Gasteiger partial charge in [0.2, 0.25) is 0 Å². The maximum absolute atomic E-state index is 6.32. The van der Waals surface area contributed by atoms with E-state index in [2.05, 4.69) is 21.2 Å². The molecule has 0 amide bonds. The van der Waals surface area contributed by atoms with Crippen molar-refractivity contribution in [2.24, 2.45) is 0 Å². The Morgan fingerprint density at radius 1 is 0.840 bits per heavy atom. The first kappa shape index (κ1) is 16.7. The maximum atomic E-state index is 6.32. The minimum atomic E-state index is 0.745. The van der Waals surface area contributed by atoms with Gasteiger partial charge in [-0.05, 0) is 24.3 Å². The number of nitrogens with zero attached hydrogens (tertiary/aromatic N) is 3. The van der Waals surface area contributed by atoms with Crippen LogP contribution in [-0.2, 0) is 0 Å². The first-order valence-electron chi connectivity index (χ1n) is 8.16. The van der Waals surface area contributed by atoms with Crippen molar-refractivity contribution in [3.63, 3.8) is 0 Å². The van der Waals surface area contributed by atoms with E-state index in [1.165, 1.54) is 0 Å². The minimum absolute atomic E-state index is 0.745. The number of para-hydroxylation sites is 1. The Morgan fingerprint density at radius 2 is 1.52 bits per heavy atom. The first-order chi connectivity index (χ1) is 12.2. The van der Waals surface area contributed by atoms with Crippen molar-refractivity contribution in [2.45, 2.75) is 0 Å². The summed E-state index contributed by atoms with van der Waals surface area (Å²) in [5.41, 5.74) is 3.22. The molecule has 1 saturated heterocycles. The van der Waals surface area contributed by atoms with Gasteiger partial charge in [-0.2, -0.15) is 0 Å². The van der Waals surface area contributed by atoms with Crippen LogP contribution < -0.4 is 9.80 Å². The molecule has 0 saturated carbocycles. The van der Waals surface area contributed by atoms with Gasteiger partial charge in [0.15, 0.2) is 5.13 Å². The number of piperazine rings is 1. The van der Waals surface area contributed by atoms with E-state index in [4.69, 9.17) is 28.2 Å². The van der Waals surface area contributed by atoms with E-state index in [1.807, 2.05) is 42.5 Å². The molecule has 0 atom stereocenters. The van der Waals surface area contributed by atoms with E-state index in [-0.39, 0.29) is 0 Å². The molecule has 2 aromatic carbocycles. The summed E-state index contributed by atoms with van der Waals surface area (Å²) in [7, 11) is 0. The molecule has 1 aromatic heterocycles. The highest BCUT2D eigenvalue weighted by atomic mass is 35.5. The van der Waals surface area contributed by atoms with Gasteiger partial charge in [-0.25, -0.2) is 4.98 Å². The van der Waals surface area contributed by atoms with Crippen LogP contribution in [0.2, 0.25) is 10.0 Å². The van der Waals surface area contributed by atoms with Crippen LogP contribution in [0, 0.1) is 0 Å². The van der Waals surface area contributed by atoms with Gasteiger partial charge in [0.05, 0.1) is 16.4 Å². The number of halogens is 2. The van der Waals surface area contributed by atoms with Crippen LogP contribution in [0.5, 0.6) is 0 Å². The quantitative estimate of drug-likeness (QED) is 0.593. The molecule has 0 radical (unpaired) electrons. The van der Waals surface area contributed by atoms with Gasteiger partial charge in [0, 0.05) is 42.1 Å². The Hall–Kier alpha value is -1.75. The minimum Gasteiger partial charge on any atom is -0.367 e. The lowest BCUT2D eigenvalue weighted by atomic mass is 10.2.